The number of benzene rings is 1. The number of anilines is 1. The molecule has 1 aliphatic heterocycles. The van der Waals surface area contributed by atoms with Crippen LogP contribution in [0.3, 0.4) is 0 Å². The molecule has 3 N–H and O–H groups in total. The van der Waals surface area contributed by atoms with Crippen LogP contribution in [0.5, 0.6) is 0 Å². The van der Waals surface area contributed by atoms with Gasteiger partial charge in [-0.15, -0.1) is 0 Å². The van der Waals surface area contributed by atoms with Crippen LogP contribution >= 0.6 is 0 Å². The molecule has 0 aliphatic carbocycles. The first kappa shape index (κ1) is 16.3. The lowest BCUT2D eigenvalue weighted by Crippen LogP contribution is -2.35. The third kappa shape index (κ3) is 2.85. The van der Waals surface area contributed by atoms with Crippen LogP contribution in [0.4, 0.5) is 5.82 Å². The molecule has 3 heterocycles. The number of fused-ring (bicyclic) bond motifs is 3. The molecule has 6 nitrogen and oxygen atoms in total. The summed E-state index contributed by atoms with van der Waals surface area (Å²) in [5.41, 5.74) is 7.90. The van der Waals surface area contributed by atoms with Crippen molar-refractivity contribution < 1.29 is 9.84 Å². The second-order valence-corrected chi connectivity index (χ2v) is 6.96. The SMILES string of the molecule is CCCCc1nc2c(N)nc3ccccc3c2n1CC1(O)CCOC1. The van der Waals surface area contributed by atoms with E-state index >= 15 is 0 Å². The summed E-state index contributed by atoms with van der Waals surface area (Å²) in [6.45, 7) is 3.59. The molecular weight excluding hydrogens is 316 g/mol. The summed E-state index contributed by atoms with van der Waals surface area (Å²) >= 11 is 0. The Morgan fingerprint density at radius 1 is 1.32 bits per heavy atom. The fourth-order valence-corrected chi connectivity index (χ4v) is 3.62. The summed E-state index contributed by atoms with van der Waals surface area (Å²) in [6.07, 6.45) is 3.63. The lowest BCUT2D eigenvalue weighted by Gasteiger charge is -2.23. The van der Waals surface area contributed by atoms with Crippen molar-refractivity contribution in [3.05, 3.63) is 30.1 Å². The number of nitrogens with two attached hydrogens (primary N) is 1. The van der Waals surface area contributed by atoms with Gasteiger partial charge in [-0.1, -0.05) is 31.5 Å². The van der Waals surface area contributed by atoms with E-state index in [9.17, 15) is 5.11 Å². The standard InChI is InChI=1S/C19H24N4O2/c1-2-3-8-15-22-16-17(23(15)11-19(24)9-10-25-12-19)13-6-4-5-7-14(13)21-18(16)20/h4-7,24H,2-3,8-12H2,1H3,(H2,20,21). The Hall–Kier alpha value is -2.18. The van der Waals surface area contributed by atoms with Gasteiger partial charge >= 0.3 is 0 Å². The second-order valence-electron chi connectivity index (χ2n) is 6.96. The van der Waals surface area contributed by atoms with Crippen LogP contribution in [-0.4, -0.2) is 38.5 Å². The van der Waals surface area contributed by atoms with E-state index in [0.717, 1.165) is 47.0 Å². The number of aromatic nitrogens is 3. The predicted octanol–water partition coefficient (Wildman–Crippen LogP) is 2.66. The number of aliphatic hydroxyl groups is 1. The van der Waals surface area contributed by atoms with E-state index in [0.29, 0.717) is 32.0 Å². The van der Waals surface area contributed by atoms with E-state index in [1.54, 1.807) is 0 Å². The Morgan fingerprint density at radius 2 is 2.16 bits per heavy atom. The van der Waals surface area contributed by atoms with Gasteiger partial charge in [0.05, 0.1) is 24.2 Å². The first-order chi connectivity index (χ1) is 12.1. The van der Waals surface area contributed by atoms with E-state index < -0.39 is 5.60 Å². The summed E-state index contributed by atoms with van der Waals surface area (Å²) in [7, 11) is 0. The Morgan fingerprint density at radius 3 is 2.92 bits per heavy atom. The number of pyridine rings is 1. The number of unbranched alkanes of at least 4 members (excludes halogenated alkanes) is 1. The van der Waals surface area contributed by atoms with Gasteiger partial charge in [0.15, 0.2) is 5.82 Å². The van der Waals surface area contributed by atoms with E-state index in [1.807, 2.05) is 24.3 Å². The maximum Gasteiger partial charge on any atom is 0.152 e. The molecule has 1 atom stereocenters. The number of nitrogen functional groups attached to an aromatic ring is 1. The van der Waals surface area contributed by atoms with Gasteiger partial charge in [-0.05, 0) is 12.5 Å². The molecule has 0 bridgehead atoms. The van der Waals surface area contributed by atoms with Crippen molar-refractivity contribution in [2.75, 3.05) is 18.9 Å². The fourth-order valence-electron chi connectivity index (χ4n) is 3.62. The van der Waals surface area contributed by atoms with Crippen molar-refractivity contribution in [2.24, 2.45) is 0 Å². The van der Waals surface area contributed by atoms with Crippen LogP contribution in [0.15, 0.2) is 24.3 Å². The third-order valence-corrected chi connectivity index (χ3v) is 4.98. The number of aryl methyl sites for hydroxylation is 1. The maximum absolute atomic E-state index is 10.9. The molecule has 0 spiro atoms. The number of para-hydroxylation sites is 1. The van der Waals surface area contributed by atoms with Gasteiger partial charge in [-0.25, -0.2) is 9.97 Å². The monoisotopic (exact) mass is 340 g/mol. The topological polar surface area (TPSA) is 86.2 Å². The maximum atomic E-state index is 10.9. The number of imidazole rings is 1. The van der Waals surface area contributed by atoms with Crippen LogP contribution in [0.2, 0.25) is 0 Å². The molecule has 1 unspecified atom stereocenters. The van der Waals surface area contributed by atoms with Crippen molar-refractivity contribution in [2.45, 2.75) is 44.8 Å². The van der Waals surface area contributed by atoms with Crippen LogP contribution < -0.4 is 5.73 Å². The number of hydrogen-bond acceptors (Lipinski definition) is 5. The Kier molecular flexibility index (Phi) is 4.09. The molecule has 132 valence electrons. The van der Waals surface area contributed by atoms with E-state index in [1.165, 1.54) is 0 Å². The highest BCUT2D eigenvalue weighted by atomic mass is 16.5. The zero-order valence-electron chi connectivity index (χ0n) is 14.5. The summed E-state index contributed by atoms with van der Waals surface area (Å²) in [5, 5.41) is 11.9. The third-order valence-electron chi connectivity index (χ3n) is 4.98. The highest BCUT2D eigenvalue weighted by Gasteiger charge is 2.34. The lowest BCUT2D eigenvalue weighted by atomic mass is 10.0. The Bertz CT molecular complexity index is 913. The summed E-state index contributed by atoms with van der Waals surface area (Å²) in [6, 6.07) is 7.95. The number of rotatable bonds is 5. The van der Waals surface area contributed by atoms with Crippen LogP contribution in [-0.2, 0) is 17.7 Å². The van der Waals surface area contributed by atoms with E-state index in [-0.39, 0.29) is 0 Å². The van der Waals surface area contributed by atoms with Gasteiger partial charge in [0, 0.05) is 24.8 Å². The van der Waals surface area contributed by atoms with Crippen LogP contribution in [0, 0.1) is 0 Å². The average molecular weight is 340 g/mol. The minimum Gasteiger partial charge on any atom is -0.386 e. The first-order valence-electron chi connectivity index (χ1n) is 8.95. The van der Waals surface area contributed by atoms with Crippen molar-refractivity contribution in [3.63, 3.8) is 0 Å². The Balaban J connectivity index is 1.95. The molecule has 0 radical (unpaired) electrons. The highest BCUT2D eigenvalue weighted by molar-refractivity contribution is 6.06. The zero-order valence-corrected chi connectivity index (χ0v) is 14.5. The van der Waals surface area contributed by atoms with Gasteiger partial charge in [-0.3, -0.25) is 0 Å². The molecule has 25 heavy (non-hydrogen) atoms. The first-order valence-corrected chi connectivity index (χ1v) is 8.95. The molecule has 1 fully saturated rings. The molecule has 1 saturated heterocycles. The van der Waals surface area contributed by atoms with Gasteiger partial charge < -0.3 is 20.1 Å². The Labute approximate surface area is 146 Å². The number of nitrogens with zero attached hydrogens (tertiary/aromatic N) is 3. The predicted molar refractivity (Wildman–Crippen MR) is 98.4 cm³/mol. The van der Waals surface area contributed by atoms with E-state index in [4.69, 9.17) is 15.5 Å². The van der Waals surface area contributed by atoms with Crippen molar-refractivity contribution in [1.82, 2.24) is 14.5 Å². The lowest BCUT2D eigenvalue weighted by molar-refractivity contribution is 0.0121. The molecule has 6 heteroatoms. The minimum atomic E-state index is -0.853. The van der Waals surface area contributed by atoms with Crippen molar-refractivity contribution in [3.8, 4) is 0 Å². The fraction of sp³-hybridized carbons (Fsp3) is 0.474. The smallest absolute Gasteiger partial charge is 0.152 e. The summed E-state index contributed by atoms with van der Waals surface area (Å²) < 4.78 is 7.57. The molecule has 1 aromatic carbocycles. The van der Waals surface area contributed by atoms with Crippen LogP contribution in [0.1, 0.15) is 32.0 Å². The van der Waals surface area contributed by atoms with Crippen molar-refractivity contribution in [1.29, 1.82) is 0 Å². The molecule has 0 amide bonds. The molecule has 2 aromatic heterocycles. The quantitative estimate of drug-likeness (QED) is 0.746. The van der Waals surface area contributed by atoms with E-state index in [2.05, 4.69) is 16.5 Å². The van der Waals surface area contributed by atoms with Gasteiger partial charge in [0.25, 0.3) is 0 Å². The zero-order chi connectivity index (χ0) is 17.4. The highest BCUT2D eigenvalue weighted by Crippen LogP contribution is 2.31. The number of hydrogen-bond donors (Lipinski definition) is 2. The molecule has 3 aromatic rings. The van der Waals surface area contributed by atoms with Gasteiger partial charge in [0.1, 0.15) is 16.9 Å². The van der Waals surface area contributed by atoms with Crippen molar-refractivity contribution >= 4 is 27.8 Å². The van der Waals surface area contributed by atoms with Gasteiger partial charge in [-0.2, -0.15) is 0 Å². The number of ether oxygens (including phenoxy) is 1. The van der Waals surface area contributed by atoms with Crippen LogP contribution in [0.25, 0.3) is 21.9 Å². The summed E-state index contributed by atoms with van der Waals surface area (Å²) in [4.78, 5) is 9.30. The molecule has 1 aliphatic rings. The summed E-state index contributed by atoms with van der Waals surface area (Å²) in [5.74, 6) is 1.40. The molecular formula is C19H24N4O2. The average Bonchev–Trinajstić information content (AvgIpc) is 3.18. The second kappa shape index (κ2) is 6.28. The molecule has 0 saturated carbocycles. The minimum absolute atomic E-state index is 0.360. The largest absolute Gasteiger partial charge is 0.386 e. The van der Waals surface area contributed by atoms with Gasteiger partial charge in [0.2, 0.25) is 0 Å². The molecule has 4 rings (SSSR count). The normalized spacial score (nSPS) is 20.7.